The van der Waals surface area contributed by atoms with Crippen LogP contribution in [-0.2, 0) is 16.6 Å². The molecule has 0 aliphatic carbocycles. The largest absolute Gasteiger partial charge is 0.332 e. The van der Waals surface area contributed by atoms with Crippen molar-refractivity contribution in [3.05, 3.63) is 42.5 Å². The summed E-state index contributed by atoms with van der Waals surface area (Å²) >= 11 is 0. The fourth-order valence-corrected chi connectivity index (χ4v) is 1.42. The first-order valence-electron chi connectivity index (χ1n) is 3.68. The van der Waals surface area contributed by atoms with Gasteiger partial charge in [0.25, 0.3) is 0 Å². The predicted molar refractivity (Wildman–Crippen MR) is 48.6 cm³/mol. The Labute approximate surface area is 76.9 Å². The maximum Gasteiger partial charge on any atom is 0.332 e. The van der Waals surface area contributed by atoms with Crippen molar-refractivity contribution < 1.29 is 12.3 Å². The Hall–Kier alpha value is -1.16. The van der Waals surface area contributed by atoms with Gasteiger partial charge in [0, 0.05) is 0 Å². The fraction of sp³-hybridized carbons (Fsp3) is 0.111. The van der Waals surface area contributed by atoms with E-state index < -0.39 is 10.2 Å². The summed E-state index contributed by atoms with van der Waals surface area (Å²) in [6.45, 7) is 3.53. The molecule has 0 unspecified atom stereocenters. The van der Waals surface area contributed by atoms with Gasteiger partial charge in [-0.1, -0.05) is 18.2 Å². The summed E-state index contributed by atoms with van der Waals surface area (Å²) < 4.78 is 33.2. The second kappa shape index (κ2) is 3.70. The lowest BCUT2D eigenvalue weighted by molar-refractivity contribution is 0.552. The first kappa shape index (κ1) is 9.92. The molecule has 0 heterocycles. The van der Waals surface area contributed by atoms with Crippen molar-refractivity contribution >= 4 is 10.2 Å². The van der Waals surface area contributed by atoms with Crippen molar-refractivity contribution in [2.24, 2.45) is 0 Å². The van der Waals surface area contributed by atoms with E-state index >= 15 is 0 Å². The summed E-state index contributed by atoms with van der Waals surface area (Å²) in [4.78, 5) is -0.305. The summed E-state index contributed by atoms with van der Waals surface area (Å²) in [6.07, 6.45) is 2.34. The SMILES string of the molecule is C=CCc1ccc(S(=O)(=O)F)cc1. The van der Waals surface area contributed by atoms with Crippen LogP contribution in [0.25, 0.3) is 0 Å². The zero-order chi connectivity index (χ0) is 9.90. The molecule has 70 valence electrons. The van der Waals surface area contributed by atoms with E-state index in [2.05, 4.69) is 6.58 Å². The van der Waals surface area contributed by atoms with Crippen molar-refractivity contribution in [1.82, 2.24) is 0 Å². The highest BCUT2D eigenvalue weighted by Gasteiger charge is 2.10. The van der Waals surface area contributed by atoms with Gasteiger partial charge < -0.3 is 0 Å². The van der Waals surface area contributed by atoms with E-state index in [1.807, 2.05) is 0 Å². The van der Waals surface area contributed by atoms with Gasteiger partial charge in [0.05, 0.1) is 4.90 Å². The Morgan fingerprint density at radius 3 is 2.23 bits per heavy atom. The van der Waals surface area contributed by atoms with E-state index in [1.54, 1.807) is 18.2 Å². The van der Waals surface area contributed by atoms with Crippen LogP contribution in [0.1, 0.15) is 5.56 Å². The van der Waals surface area contributed by atoms with Gasteiger partial charge in [-0.05, 0) is 24.1 Å². The molecule has 0 aliphatic rings. The van der Waals surface area contributed by atoms with E-state index in [-0.39, 0.29) is 4.90 Å². The summed E-state index contributed by atoms with van der Waals surface area (Å²) in [7, 11) is -4.56. The summed E-state index contributed by atoms with van der Waals surface area (Å²) in [6, 6.07) is 5.62. The number of hydrogen-bond acceptors (Lipinski definition) is 2. The highest BCUT2D eigenvalue weighted by atomic mass is 32.3. The molecule has 0 aliphatic heterocycles. The molecule has 1 rings (SSSR count). The minimum atomic E-state index is -4.56. The minimum Gasteiger partial charge on any atom is -0.189 e. The van der Waals surface area contributed by atoms with Crippen LogP contribution in [0.15, 0.2) is 41.8 Å². The molecular weight excluding hydrogens is 191 g/mol. The van der Waals surface area contributed by atoms with Crippen LogP contribution in [-0.4, -0.2) is 8.42 Å². The lowest BCUT2D eigenvalue weighted by Gasteiger charge is -1.97. The molecule has 0 N–H and O–H groups in total. The van der Waals surface area contributed by atoms with E-state index in [1.165, 1.54) is 12.1 Å². The van der Waals surface area contributed by atoms with E-state index in [0.29, 0.717) is 6.42 Å². The van der Waals surface area contributed by atoms with Gasteiger partial charge >= 0.3 is 10.2 Å². The van der Waals surface area contributed by atoms with Crippen LogP contribution >= 0.6 is 0 Å². The molecule has 0 bridgehead atoms. The minimum absolute atomic E-state index is 0.305. The highest BCUT2D eigenvalue weighted by Crippen LogP contribution is 2.13. The van der Waals surface area contributed by atoms with Gasteiger partial charge in [0.15, 0.2) is 0 Å². The second-order valence-electron chi connectivity index (χ2n) is 2.57. The summed E-state index contributed by atoms with van der Waals surface area (Å²) in [5.41, 5.74) is 0.905. The molecule has 4 heteroatoms. The molecule has 0 saturated carbocycles. The Morgan fingerprint density at radius 2 is 1.85 bits per heavy atom. The van der Waals surface area contributed by atoms with Gasteiger partial charge in [0.2, 0.25) is 0 Å². The summed E-state index contributed by atoms with van der Waals surface area (Å²) in [5.74, 6) is 0. The standard InChI is InChI=1S/C9H9FO2S/c1-2-3-8-4-6-9(7-5-8)13(10,11)12/h2,4-7H,1,3H2. The maximum absolute atomic E-state index is 12.4. The lowest BCUT2D eigenvalue weighted by Crippen LogP contribution is -1.91. The van der Waals surface area contributed by atoms with Gasteiger partial charge in [-0.2, -0.15) is 8.42 Å². The Balaban J connectivity index is 3.01. The van der Waals surface area contributed by atoms with E-state index in [4.69, 9.17) is 0 Å². The van der Waals surface area contributed by atoms with Crippen molar-refractivity contribution in [2.75, 3.05) is 0 Å². The van der Waals surface area contributed by atoms with Gasteiger partial charge in [0.1, 0.15) is 0 Å². The van der Waals surface area contributed by atoms with Crippen molar-refractivity contribution in [2.45, 2.75) is 11.3 Å². The van der Waals surface area contributed by atoms with E-state index in [9.17, 15) is 12.3 Å². The lowest BCUT2D eigenvalue weighted by atomic mass is 10.2. The van der Waals surface area contributed by atoms with Crippen LogP contribution < -0.4 is 0 Å². The number of benzene rings is 1. The third kappa shape index (κ3) is 2.66. The third-order valence-electron chi connectivity index (χ3n) is 1.58. The zero-order valence-corrected chi connectivity index (χ0v) is 7.72. The number of allylic oxidation sites excluding steroid dienone is 1. The molecule has 2 nitrogen and oxygen atoms in total. The first-order valence-corrected chi connectivity index (χ1v) is 5.07. The van der Waals surface area contributed by atoms with Gasteiger partial charge in [-0.3, -0.25) is 0 Å². The molecule has 0 atom stereocenters. The van der Waals surface area contributed by atoms with Crippen LogP contribution in [0.3, 0.4) is 0 Å². The molecule has 0 spiro atoms. The van der Waals surface area contributed by atoms with E-state index in [0.717, 1.165) is 5.56 Å². The smallest absolute Gasteiger partial charge is 0.189 e. The quantitative estimate of drug-likeness (QED) is 0.553. The molecule has 0 fully saturated rings. The monoisotopic (exact) mass is 200 g/mol. The molecule has 1 aromatic rings. The number of halogens is 1. The average molecular weight is 200 g/mol. The van der Waals surface area contributed by atoms with Crippen LogP contribution in [0, 0.1) is 0 Å². The summed E-state index contributed by atoms with van der Waals surface area (Å²) in [5, 5.41) is 0. The predicted octanol–water partition coefficient (Wildman–Crippen LogP) is 2.07. The van der Waals surface area contributed by atoms with Crippen LogP contribution in [0.4, 0.5) is 3.89 Å². The topological polar surface area (TPSA) is 34.1 Å². The van der Waals surface area contributed by atoms with Crippen molar-refractivity contribution in [3.63, 3.8) is 0 Å². The Bertz CT molecular complexity index is 392. The van der Waals surface area contributed by atoms with Gasteiger partial charge in [-0.25, -0.2) is 0 Å². The van der Waals surface area contributed by atoms with Crippen LogP contribution in [0.2, 0.25) is 0 Å². The molecule has 1 aromatic carbocycles. The molecule has 13 heavy (non-hydrogen) atoms. The second-order valence-corrected chi connectivity index (χ2v) is 3.92. The number of rotatable bonds is 3. The Morgan fingerprint density at radius 1 is 1.31 bits per heavy atom. The fourth-order valence-electron chi connectivity index (χ4n) is 0.955. The van der Waals surface area contributed by atoms with Crippen molar-refractivity contribution in [1.29, 1.82) is 0 Å². The molecule has 0 amide bonds. The molecule has 0 radical (unpaired) electrons. The highest BCUT2D eigenvalue weighted by molar-refractivity contribution is 7.86. The maximum atomic E-state index is 12.4. The molecule has 0 aromatic heterocycles. The zero-order valence-electron chi connectivity index (χ0n) is 6.90. The van der Waals surface area contributed by atoms with Gasteiger partial charge in [-0.15, -0.1) is 10.5 Å². The third-order valence-corrected chi connectivity index (χ3v) is 2.42. The van der Waals surface area contributed by atoms with Crippen molar-refractivity contribution in [3.8, 4) is 0 Å². The molecular formula is C9H9FO2S. The van der Waals surface area contributed by atoms with Crippen LogP contribution in [0.5, 0.6) is 0 Å². The normalized spacial score (nSPS) is 11.2. The molecule has 0 saturated heterocycles. The Kier molecular flexibility index (Phi) is 2.83. The number of hydrogen-bond donors (Lipinski definition) is 0. The average Bonchev–Trinajstić information content (AvgIpc) is 2.04. The first-order chi connectivity index (χ1) is 6.04.